The molecule has 0 bridgehead atoms. The molecule has 0 spiro atoms. The molecular formula is C26H31N3O3S. The van der Waals surface area contributed by atoms with Crippen LogP contribution in [0.15, 0.2) is 47.3 Å². The molecule has 2 aromatic carbocycles. The van der Waals surface area contributed by atoms with Crippen LogP contribution in [-0.2, 0) is 17.8 Å². The molecule has 1 aliphatic heterocycles. The summed E-state index contributed by atoms with van der Waals surface area (Å²) in [6.45, 7) is 6.53. The first-order valence-corrected chi connectivity index (χ1v) is 11.7. The van der Waals surface area contributed by atoms with Crippen molar-refractivity contribution in [2.75, 3.05) is 20.3 Å². The summed E-state index contributed by atoms with van der Waals surface area (Å²) >= 11 is 5.77. The van der Waals surface area contributed by atoms with Gasteiger partial charge in [0.15, 0.2) is 5.11 Å². The molecule has 1 saturated heterocycles. The minimum atomic E-state index is -0.0853. The number of aromatic nitrogens is 1. The van der Waals surface area contributed by atoms with E-state index in [1.165, 1.54) is 0 Å². The maximum absolute atomic E-state index is 13.0. The summed E-state index contributed by atoms with van der Waals surface area (Å²) in [6, 6.07) is 14.0. The number of thiocarbonyl (C=S) groups is 1. The minimum Gasteiger partial charge on any atom is -0.497 e. The summed E-state index contributed by atoms with van der Waals surface area (Å²) in [5.41, 5.74) is 4.77. The van der Waals surface area contributed by atoms with Crippen molar-refractivity contribution in [2.45, 2.75) is 45.9 Å². The first kappa shape index (κ1) is 23.3. The van der Waals surface area contributed by atoms with Gasteiger partial charge in [0.2, 0.25) is 0 Å². The Balaban J connectivity index is 1.60. The number of methoxy groups -OCH3 is 1. The second-order valence-electron chi connectivity index (χ2n) is 8.64. The van der Waals surface area contributed by atoms with Gasteiger partial charge >= 0.3 is 0 Å². The van der Waals surface area contributed by atoms with Crippen LogP contribution in [0, 0.1) is 13.8 Å². The van der Waals surface area contributed by atoms with E-state index < -0.39 is 0 Å². The molecule has 0 amide bonds. The molecule has 4 rings (SSSR count). The number of H-pyrrole nitrogens is 1. The SMILES string of the molecule is COc1ccc(CN(Cc2cc3c(C)ccc(C)c3[nH]c2=O)C(=S)NCC2CCCO2)cc1. The summed E-state index contributed by atoms with van der Waals surface area (Å²) in [5, 5.41) is 5.04. The third-order valence-corrected chi connectivity index (χ3v) is 6.61. The van der Waals surface area contributed by atoms with E-state index in [1.807, 2.05) is 48.2 Å². The summed E-state index contributed by atoms with van der Waals surface area (Å²) in [6.07, 6.45) is 2.30. The van der Waals surface area contributed by atoms with Gasteiger partial charge in [-0.25, -0.2) is 0 Å². The molecular weight excluding hydrogens is 434 g/mol. The van der Waals surface area contributed by atoms with E-state index in [2.05, 4.69) is 23.3 Å². The molecule has 174 valence electrons. The average Bonchev–Trinajstić information content (AvgIpc) is 3.34. The Morgan fingerprint density at radius 3 is 2.64 bits per heavy atom. The van der Waals surface area contributed by atoms with Crippen molar-refractivity contribution in [3.05, 3.63) is 75.1 Å². The van der Waals surface area contributed by atoms with Crippen molar-refractivity contribution >= 4 is 28.2 Å². The van der Waals surface area contributed by atoms with Crippen LogP contribution in [0.3, 0.4) is 0 Å². The molecule has 2 heterocycles. The van der Waals surface area contributed by atoms with E-state index in [4.69, 9.17) is 21.7 Å². The Bertz CT molecular complexity index is 1180. The Hall–Kier alpha value is -2.90. The van der Waals surface area contributed by atoms with Gasteiger partial charge in [-0.15, -0.1) is 0 Å². The molecule has 0 radical (unpaired) electrons. The van der Waals surface area contributed by atoms with Gasteiger partial charge in [-0.2, -0.15) is 0 Å². The zero-order valence-electron chi connectivity index (χ0n) is 19.4. The fourth-order valence-electron chi connectivity index (χ4n) is 4.21. The number of benzene rings is 2. The van der Waals surface area contributed by atoms with Crippen LogP contribution in [0.5, 0.6) is 5.75 Å². The minimum absolute atomic E-state index is 0.0853. The van der Waals surface area contributed by atoms with Crippen molar-refractivity contribution in [3.8, 4) is 5.75 Å². The van der Waals surface area contributed by atoms with Crippen LogP contribution < -0.4 is 15.6 Å². The van der Waals surface area contributed by atoms with Crippen LogP contribution in [0.2, 0.25) is 0 Å². The summed E-state index contributed by atoms with van der Waals surface area (Å²) in [7, 11) is 1.65. The number of nitrogens with one attached hydrogen (secondary N) is 2. The van der Waals surface area contributed by atoms with Crippen LogP contribution in [0.1, 0.15) is 35.1 Å². The lowest BCUT2D eigenvalue weighted by molar-refractivity contribution is 0.113. The van der Waals surface area contributed by atoms with Crippen LogP contribution >= 0.6 is 12.2 Å². The molecule has 3 aromatic rings. The maximum Gasteiger partial charge on any atom is 0.253 e. The highest BCUT2D eigenvalue weighted by atomic mass is 32.1. The number of nitrogens with zero attached hydrogens (tertiary/aromatic N) is 1. The highest BCUT2D eigenvalue weighted by Gasteiger charge is 2.19. The zero-order chi connectivity index (χ0) is 23.4. The van der Waals surface area contributed by atoms with Crippen molar-refractivity contribution in [1.82, 2.24) is 15.2 Å². The lowest BCUT2D eigenvalue weighted by Gasteiger charge is -2.27. The number of pyridine rings is 1. The smallest absolute Gasteiger partial charge is 0.253 e. The van der Waals surface area contributed by atoms with Crippen molar-refractivity contribution in [3.63, 3.8) is 0 Å². The number of hydrogen-bond acceptors (Lipinski definition) is 4. The molecule has 0 aliphatic carbocycles. The highest BCUT2D eigenvalue weighted by molar-refractivity contribution is 7.80. The molecule has 1 fully saturated rings. The van der Waals surface area contributed by atoms with E-state index in [1.54, 1.807) is 7.11 Å². The Labute approximate surface area is 199 Å². The number of rotatable bonds is 7. The van der Waals surface area contributed by atoms with E-state index in [-0.39, 0.29) is 11.7 Å². The maximum atomic E-state index is 13.0. The zero-order valence-corrected chi connectivity index (χ0v) is 20.3. The topological polar surface area (TPSA) is 66.6 Å². The van der Waals surface area contributed by atoms with E-state index in [9.17, 15) is 4.79 Å². The lowest BCUT2D eigenvalue weighted by Crippen LogP contribution is -2.42. The van der Waals surface area contributed by atoms with E-state index >= 15 is 0 Å². The standard InChI is InChI=1S/C26H31N3O3S/c1-17-6-7-18(2)24-23(17)13-20(25(30)28-24)16-29(15-19-8-10-21(31-3)11-9-19)26(33)27-14-22-5-4-12-32-22/h6-11,13,22H,4-5,12,14-16H2,1-3H3,(H,27,33)(H,28,30). The van der Waals surface area contributed by atoms with Crippen molar-refractivity contribution in [2.24, 2.45) is 0 Å². The number of aromatic amines is 1. The normalized spacial score (nSPS) is 15.5. The van der Waals surface area contributed by atoms with Crippen LogP contribution in [0.25, 0.3) is 10.9 Å². The molecule has 33 heavy (non-hydrogen) atoms. The number of fused-ring (bicyclic) bond motifs is 1. The fraction of sp³-hybridized carbons (Fsp3) is 0.385. The largest absolute Gasteiger partial charge is 0.497 e. The monoisotopic (exact) mass is 465 g/mol. The van der Waals surface area contributed by atoms with Crippen molar-refractivity contribution < 1.29 is 9.47 Å². The first-order valence-electron chi connectivity index (χ1n) is 11.3. The van der Waals surface area contributed by atoms with Crippen LogP contribution in [-0.4, -0.2) is 41.4 Å². The van der Waals surface area contributed by atoms with Gasteiger partial charge in [0.05, 0.1) is 25.3 Å². The molecule has 1 aliphatic rings. The number of aryl methyl sites for hydroxylation is 2. The average molecular weight is 466 g/mol. The molecule has 7 heteroatoms. The van der Waals surface area contributed by atoms with Gasteiger partial charge in [-0.05, 0) is 73.8 Å². The summed E-state index contributed by atoms with van der Waals surface area (Å²) < 4.78 is 11.0. The van der Waals surface area contributed by atoms with Gasteiger partial charge in [0.25, 0.3) is 5.56 Å². The van der Waals surface area contributed by atoms with E-state index in [0.717, 1.165) is 52.8 Å². The molecule has 0 saturated carbocycles. The Morgan fingerprint density at radius 2 is 1.94 bits per heavy atom. The van der Waals surface area contributed by atoms with Gasteiger partial charge in [-0.3, -0.25) is 4.79 Å². The fourth-order valence-corrected chi connectivity index (χ4v) is 4.42. The predicted octanol–water partition coefficient (Wildman–Crippen LogP) is 4.21. The third-order valence-electron chi connectivity index (χ3n) is 6.21. The second kappa shape index (κ2) is 10.4. The van der Waals surface area contributed by atoms with E-state index in [0.29, 0.717) is 30.3 Å². The highest BCUT2D eigenvalue weighted by Crippen LogP contribution is 2.21. The van der Waals surface area contributed by atoms with Gasteiger partial charge in [0.1, 0.15) is 5.75 Å². The number of hydrogen-bond donors (Lipinski definition) is 2. The van der Waals surface area contributed by atoms with Crippen molar-refractivity contribution in [1.29, 1.82) is 0 Å². The quantitative estimate of drug-likeness (QED) is 0.510. The van der Waals surface area contributed by atoms with Crippen LogP contribution in [0.4, 0.5) is 0 Å². The first-order chi connectivity index (χ1) is 15.9. The lowest BCUT2D eigenvalue weighted by atomic mass is 10.0. The van der Waals surface area contributed by atoms with Gasteiger partial charge in [-0.1, -0.05) is 24.3 Å². The molecule has 6 nitrogen and oxygen atoms in total. The Kier molecular flexibility index (Phi) is 7.30. The molecule has 1 aromatic heterocycles. The van der Waals surface area contributed by atoms with Gasteiger partial charge < -0.3 is 24.7 Å². The third kappa shape index (κ3) is 5.54. The van der Waals surface area contributed by atoms with Gasteiger partial charge in [0, 0.05) is 30.6 Å². The summed E-state index contributed by atoms with van der Waals surface area (Å²) in [5.74, 6) is 0.807. The molecule has 2 N–H and O–H groups in total. The predicted molar refractivity (Wildman–Crippen MR) is 136 cm³/mol. The molecule has 1 unspecified atom stereocenters. The summed E-state index contributed by atoms with van der Waals surface area (Å²) in [4.78, 5) is 18.1. The second-order valence-corrected chi connectivity index (χ2v) is 9.02. The number of ether oxygens (including phenoxy) is 2. The molecule has 1 atom stereocenters. The Morgan fingerprint density at radius 1 is 1.18 bits per heavy atom.